The van der Waals surface area contributed by atoms with E-state index in [0.29, 0.717) is 11.8 Å². The van der Waals surface area contributed by atoms with Crippen LogP contribution in [0.25, 0.3) is 0 Å². The molecule has 1 aliphatic rings. The Morgan fingerprint density at radius 3 is 2.86 bits per heavy atom. The van der Waals surface area contributed by atoms with Gasteiger partial charge in [0.1, 0.15) is 5.75 Å². The SMILES string of the molecule is N[C@H]1CCN(Cc2ccccc2O)C1. The molecule has 0 spiro atoms. The monoisotopic (exact) mass is 192 g/mol. The predicted molar refractivity (Wildman–Crippen MR) is 56.0 cm³/mol. The van der Waals surface area contributed by atoms with Crippen LogP contribution in [-0.2, 0) is 6.54 Å². The quantitative estimate of drug-likeness (QED) is 0.732. The number of phenolic OH excluding ortho intramolecular Hbond substituents is 1. The number of likely N-dealkylation sites (tertiary alicyclic amines) is 1. The molecule has 3 heteroatoms. The number of nitrogens with two attached hydrogens (primary N) is 1. The molecule has 14 heavy (non-hydrogen) atoms. The smallest absolute Gasteiger partial charge is 0.120 e. The highest BCUT2D eigenvalue weighted by molar-refractivity contribution is 5.31. The second-order valence-electron chi connectivity index (χ2n) is 3.91. The van der Waals surface area contributed by atoms with Gasteiger partial charge in [0.2, 0.25) is 0 Å². The largest absolute Gasteiger partial charge is 0.508 e. The summed E-state index contributed by atoms with van der Waals surface area (Å²) >= 11 is 0. The lowest BCUT2D eigenvalue weighted by Gasteiger charge is -2.15. The van der Waals surface area contributed by atoms with E-state index in [9.17, 15) is 5.11 Å². The van der Waals surface area contributed by atoms with Gasteiger partial charge in [-0.25, -0.2) is 0 Å². The first kappa shape index (κ1) is 9.49. The van der Waals surface area contributed by atoms with Crippen LogP contribution < -0.4 is 5.73 Å². The molecule has 0 saturated carbocycles. The molecule has 1 atom stereocenters. The second kappa shape index (κ2) is 3.98. The van der Waals surface area contributed by atoms with E-state index in [-0.39, 0.29) is 0 Å². The molecular weight excluding hydrogens is 176 g/mol. The lowest BCUT2D eigenvalue weighted by Crippen LogP contribution is -2.26. The molecule has 0 amide bonds. The summed E-state index contributed by atoms with van der Waals surface area (Å²) in [7, 11) is 0. The van der Waals surface area contributed by atoms with E-state index in [1.165, 1.54) is 0 Å². The molecule has 2 rings (SSSR count). The first-order valence-electron chi connectivity index (χ1n) is 5.00. The third-order valence-electron chi connectivity index (χ3n) is 2.69. The highest BCUT2D eigenvalue weighted by Gasteiger charge is 2.19. The molecule has 0 radical (unpaired) electrons. The Morgan fingerprint density at radius 1 is 1.43 bits per heavy atom. The number of benzene rings is 1. The summed E-state index contributed by atoms with van der Waals surface area (Å²) in [6.07, 6.45) is 1.06. The van der Waals surface area contributed by atoms with Gasteiger partial charge in [0.15, 0.2) is 0 Å². The molecule has 1 aromatic carbocycles. The van der Waals surface area contributed by atoms with E-state index in [1.54, 1.807) is 6.07 Å². The number of nitrogens with zero attached hydrogens (tertiary/aromatic N) is 1. The summed E-state index contributed by atoms with van der Waals surface area (Å²) in [5.74, 6) is 0.382. The summed E-state index contributed by atoms with van der Waals surface area (Å²) in [4.78, 5) is 2.28. The van der Waals surface area contributed by atoms with Crippen LogP contribution in [0.2, 0.25) is 0 Å². The summed E-state index contributed by atoms with van der Waals surface area (Å²) in [6, 6.07) is 7.78. The van der Waals surface area contributed by atoms with Gasteiger partial charge in [-0.15, -0.1) is 0 Å². The lowest BCUT2D eigenvalue weighted by atomic mass is 10.2. The zero-order valence-corrected chi connectivity index (χ0v) is 8.19. The van der Waals surface area contributed by atoms with Gasteiger partial charge in [-0.2, -0.15) is 0 Å². The number of aromatic hydroxyl groups is 1. The average molecular weight is 192 g/mol. The van der Waals surface area contributed by atoms with E-state index >= 15 is 0 Å². The van der Waals surface area contributed by atoms with Crippen LogP contribution >= 0.6 is 0 Å². The minimum atomic E-state index is 0.306. The van der Waals surface area contributed by atoms with Gasteiger partial charge in [-0.05, 0) is 12.5 Å². The third-order valence-corrected chi connectivity index (χ3v) is 2.69. The van der Waals surface area contributed by atoms with Gasteiger partial charge in [0.25, 0.3) is 0 Å². The Morgan fingerprint density at radius 2 is 2.21 bits per heavy atom. The molecule has 76 valence electrons. The van der Waals surface area contributed by atoms with Crippen LogP contribution in [0.15, 0.2) is 24.3 Å². The van der Waals surface area contributed by atoms with E-state index in [1.807, 2.05) is 18.2 Å². The molecule has 1 heterocycles. The highest BCUT2D eigenvalue weighted by atomic mass is 16.3. The van der Waals surface area contributed by atoms with Crippen molar-refractivity contribution in [2.75, 3.05) is 13.1 Å². The summed E-state index contributed by atoms with van der Waals surface area (Å²) in [5, 5.41) is 9.58. The van der Waals surface area contributed by atoms with Gasteiger partial charge in [0, 0.05) is 31.2 Å². The summed E-state index contributed by atoms with van der Waals surface area (Å²) in [5.41, 5.74) is 6.80. The van der Waals surface area contributed by atoms with E-state index in [0.717, 1.165) is 31.6 Å². The fourth-order valence-corrected chi connectivity index (χ4v) is 1.89. The average Bonchev–Trinajstić information content (AvgIpc) is 2.56. The van der Waals surface area contributed by atoms with Crippen molar-refractivity contribution in [3.8, 4) is 5.75 Å². The topological polar surface area (TPSA) is 49.5 Å². The Labute approximate surface area is 84.1 Å². The predicted octanol–water partition coefficient (Wildman–Crippen LogP) is 0.925. The first-order valence-corrected chi connectivity index (χ1v) is 5.00. The molecule has 0 bridgehead atoms. The molecule has 0 aromatic heterocycles. The van der Waals surface area contributed by atoms with Crippen molar-refractivity contribution in [2.24, 2.45) is 5.73 Å². The Hall–Kier alpha value is -1.06. The fraction of sp³-hybridized carbons (Fsp3) is 0.455. The maximum Gasteiger partial charge on any atom is 0.120 e. The van der Waals surface area contributed by atoms with Crippen molar-refractivity contribution in [2.45, 2.75) is 19.0 Å². The lowest BCUT2D eigenvalue weighted by molar-refractivity contribution is 0.320. The molecule has 1 aliphatic heterocycles. The van der Waals surface area contributed by atoms with Crippen molar-refractivity contribution in [1.29, 1.82) is 0 Å². The van der Waals surface area contributed by atoms with Crippen LogP contribution in [0.4, 0.5) is 0 Å². The summed E-state index contributed by atoms with van der Waals surface area (Å²) < 4.78 is 0. The normalized spacial score (nSPS) is 22.8. The Bertz CT molecular complexity index is 314. The molecular formula is C11H16N2O. The molecule has 3 nitrogen and oxygen atoms in total. The van der Waals surface area contributed by atoms with Crippen LogP contribution in [0.1, 0.15) is 12.0 Å². The Kier molecular flexibility index (Phi) is 2.70. The van der Waals surface area contributed by atoms with Gasteiger partial charge in [-0.3, -0.25) is 4.90 Å². The molecule has 1 fully saturated rings. The minimum Gasteiger partial charge on any atom is -0.508 e. The zero-order valence-electron chi connectivity index (χ0n) is 8.19. The van der Waals surface area contributed by atoms with Crippen molar-refractivity contribution < 1.29 is 5.11 Å². The van der Waals surface area contributed by atoms with Gasteiger partial charge in [-0.1, -0.05) is 18.2 Å². The standard InChI is InChI=1S/C11H16N2O/c12-10-5-6-13(8-10)7-9-3-1-2-4-11(9)14/h1-4,10,14H,5-8,12H2/t10-/m0/s1. The van der Waals surface area contributed by atoms with Crippen LogP contribution in [0.5, 0.6) is 5.75 Å². The number of hydrogen-bond donors (Lipinski definition) is 2. The van der Waals surface area contributed by atoms with Gasteiger partial charge in [0.05, 0.1) is 0 Å². The van der Waals surface area contributed by atoms with Crippen molar-refractivity contribution in [1.82, 2.24) is 4.90 Å². The highest BCUT2D eigenvalue weighted by Crippen LogP contribution is 2.19. The van der Waals surface area contributed by atoms with Crippen LogP contribution in [-0.4, -0.2) is 29.1 Å². The molecule has 1 saturated heterocycles. The van der Waals surface area contributed by atoms with Gasteiger partial charge >= 0.3 is 0 Å². The second-order valence-corrected chi connectivity index (χ2v) is 3.91. The first-order chi connectivity index (χ1) is 6.75. The number of rotatable bonds is 2. The van der Waals surface area contributed by atoms with Gasteiger partial charge < -0.3 is 10.8 Å². The number of para-hydroxylation sites is 1. The van der Waals surface area contributed by atoms with Crippen molar-refractivity contribution in [3.63, 3.8) is 0 Å². The molecule has 0 aliphatic carbocycles. The third kappa shape index (κ3) is 2.05. The molecule has 3 N–H and O–H groups in total. The van der Waals surface area contributed by atoms with Crippen molar-refractivity contribution in [3.05, 3.63) is 29.8 Å². The van der Waals surface area contributed by atoms with E-state index in [2.05, 4.69) is 4.90 Å². The summed E-state index contributed by atoms with van der Waals surface area (Å²) in [6.45, 7) is 2.78. The number of hydrogen-bond acceptors (Lipinski definition) is 3. The maximum atomic E-state index is 9.58. The van der Waals surface area contributed by atoms with Crippen LogP contribution in [0, 0.1) is 0 Å². The Balaban J connectivity index is 2.01. The zero-order chi connectivity index (χ0) is 9.97. The fourth-order valence-electron chi connectivity index (χ4n) is 1.89. The molecule has 0 unspecified atom stereocenters. The van der Waals surface area contributed by atoms with E-state index in [4.69, 9.17) is 5.73 Å². The maximum absolute atomic E-state index is 9.58. The van der Waals surface area contributed by atoms with Crippen LogP contribution in [0.3, 0.4) is 0 Å². The van der Waals surface area contributed by atoms with E-state index < -0.39 is 0 Å². The number of phenols is 1. The molecule has 1 aromatic rings. The minimum absolute atomic E-state index is 0.306. The van der Waals surface area contributed by atoms with Crippen molar-refractivity contribution >= 4 is 0 Å².